The first kappa shape index (κ1) is 17.8. The number of nitrogens with two attached hydrogens (primary N) is 1. The predicted molar refractivity (Wildman–Crippen MR) is 111 cm³/mol. The molecule has 1 amide bonds. The lowest BCUT2D eigenvalue weighted by atomic mass is 9.95. The second-order valence-electron chi connectivity index (χ2n) is 7.08. The first-order chi connectivity index (χ1) is 13.1. The molecule has 6 heteroatoms. The molecule has 0 unspecified atom stereocenters. The molecule has 0 spiro atoms. The minimum Gasteiger partial charge on any atom is -0.366 e. The molecule has 3 aromatic rings. The zero-order chi connectivity index (χ0) is 18.8. The quantitative estimate of drug-likeness (QED) is 0.633. The van der Waals surface area contributed by atoms with Crippen molar-refractivity contribution >= 4 is 28.1 Å². The summed E-state index contributed by atoms with van der Waals surface area (Å²) in [5, 5.41) is 6.23. The van der Waals surface area contributed by atoms with Crippen molar-refractivity contribution in [2.24, 2.45) is 5.73 Å². The van der Waals surface area contributed by atoms with Crippen LogP contribution in [0.15, 0.2) is 41.8 Å². The van der Waals surface area contributed by atoms with Crippen LogP contribution in [0.3, 0.4) is 0 Å². The zero-order valence-electron chi connectivity index (χ0n) is 15.4. The first-order valence-electron chi connectivity index (χ1n) is 9.43. The van der Waals surface area contributed by atoms with E-state index in [0.29, 0.717) is 11.6 Å². The van der Waals surface area contributed by atoms with Crippen LogP contribution < -0.4 is 11.1 Å². The van der Waals surface area contributed by atoms with Crippen molar-refractivity contribution in [2.75, 3.05) is 5.32 Å². The molecular weight excluding hydrogens is 356 g/mol. The average molecular weight is 381 g/mol. The third kappa shape index (κ3) is 3.62. The number of hydrogen-bond acceptors (Lipinski definition) is 4. The van der Waals surface area contributed by atoms with E-state index in [-0.39, 0.29) is 5.91 Å². The molecule has 1 aromatic carbocycles. The van der Waals surface area contributed by atoms with Gasteiger partial charge in [0.1, 0.15) is 0 Å². The highest BCUT2D eigenvalue weighted by Crippen LogP contribution is 2.37. The van der Waals surface area contributed by atoms with Gasteiger partial charge in [-0.15, -0.1) is 11.3 Å². The van der Waals surface area contributed by atoms with Gasteiger partial charge in [-0.3, -0.25) is 4.79 Å². The molecule has 27 heavy (non-hydrogen) atoms. The van der Waals surface area contributed by atoms with Crippen molar-refractivity contribution in [3.8, 4) is 11.4 Å². The van der Waals surface area contributed by atoms with E-state index in [1.807, 2.05) is 48.7 Å². The molecule has 0 saturated heterocycles. The largest absolute Gasteiger partial charge is 0.366 e. The lowest BCUT2D eigenvalue weighted by Crippen LogP contribution is -2.17. The molecule has 2 heterocycles. The Balaban J connectivity index is 1.70. The summed E-state index contributed by atoms with van der Waals surface area (Å²) in [4.78, 5) is 16.7. The van der Waals surface area contributed by atoms with Crippen LogP contribution in [-0.4, -0.2) is 15.5 Å². The van der Waals surface area contributed by atoms with Gasteiger partial charge in [-0.05, 0) is 38.0 Å². The second-order valence-corrected chi connectivity index (χ2v) is 7.94. The van der Waals surface area contributed by atoms with Gasteiger partial charge in [0.15, 0.2) is 5.13 Å². The summed E-state index contributed by atoms with van der Waals surface area (Å²) in [5.41, 5.74) is 10.1. The topological polar surface area (TPSA) is 72.9 Å². The number of para-hydroxylation sites is 1. The van der Waals surface area contributed by atoms with Gasteiger partial charge in [-0.1, -0.05) is 37.5 Å². The molecule has 0 atom stereocenters. The second kappa shape index (κ2) is 7.56. The highest BCUT2D eigenvalue weighted by atomic mass is 32.1. The van der Waals surface area contributed by atoms with Crippen molar-refractivity contribution in [3.05, 3.63) is 53.0 Å². The van der Waals surface area contributed by atoms with Crippen LogP contribution in [0.2, 0.25) is 0 Å². The van der Waals surface area contributed by atoms with Crippen molar-refractivity contribution in [1.29, 1.82) is 0 Å². The van der Waals surface area contributed by atoms with Crippen molar-refractivity contribution < 1.29 is 4.79 Å². The number of nitrogens with one attached hydrogen (secondary N) is 1. The fraction of sp³-hybridized carbons (Fsp3) is 0.333. The summed E-state index contributed by atoms with van der Waals surface area (Å²) in [6.45, 7) is 1.99. The Bertz CT molecular complexity index is 939. The lowest BCUT2D eigenvalue weighted by Gasteiger charge is -2.26. The number of hydrogen-bond donors (Lipinski definition) is 2. The van der Waals surface area contributed by atoms with Crippen LogP contribution in [0.5, 0.6) is 0 Å². The smallest absolute Gasteiger partial charge is 0.250 e. The molecule has 2 aromatic heterocycles. The molecule has 1 aliphatic rings. The van der Waals surface area contributed by atoms with E-state index in [4.69, 9.17) is 10.7 Å². The van der Waals surface area contributed by atoms with E-state index in [2.05, 4.69) is 9.88 Å². The van der Waals surface area contributed by atoms with E-state index < -0.39 is 0 Å². The Hall–Kier alpha value is -2.60. The fourth-order valence-corrected chi connectivity index (χ4v) is 4.70. The summed E-state index contributed by atoms with van der Waals surface area (Å²) in [6.07, 6.45) is 6.02. The first-order valence-corrected chi connectivity index (χ1v) is 10.3. The number of amides is 1. The summed E-state index contributed by atoms with van der Waals surface area (Å²) < 4.78 is 2.29. The maximum Gasteiger partial charge on any atom is 0.250 e. The minimum atomic E-state index is -0.374. The molecule has 0 bridgehead atoms. The standard InChI is InChI=1S/C21H24N4OS/c1-14-17(20(22)26)12-19(25(14)16-10-6-3-7-11-16)18-13-27-21(24-18)23-15-8-4-2-5-9-15/h2,4-5,8-9,12-13,16H,3,6-7,10-11H2,1H3,(H2,22,26)(H,23,24). The molecule has 140 valence electrons. The van der Waals surface area contributed by atoms with E-state index in [1.54, 1.807) is 11.3 Å². The number of aromatic nitrogens is 2. The van der Waals surface area contributed by atoms with Gasteiger partial charge in [0.25, 0.3) is 5.91 Å². The third-order valence-corrected chi connectivity index (χ3v) is 6.05. The molecule has 4 rings (SSSR count). The molecular formula is C21H24N4OS. The Morgan fingerprint density at radius 3 is 2.67 bits per heavy atom. The summed E-state index contributed by atoms with van der Waals surface area (Å²) in [7, 11) is 0. The number of thiazole rings is 1. The predicted octanol–water partition coefficient (Wildman–Crippen LogP) is 5.27. The number of carbonyl (C=O) groups excluding carboxylic acids is 1. The van der Waals surface area contributed by atoms with Crippen LogP contribution in [0.25, 0.3) is 11.4 Å². The van der Waals surface area contributed by atoms with Gasteiger partial charge in [0.05, 0.1) is 17.0 Å². The highest BCUT2D eigenvalue weighted by molar-refractivity contribution is 7.14. The zero-order valence-corrected chi connectivity index (χ0v) is 16.3. The van der Waals surface area contributed by atoms with Crippen LogP contribution in [0, 0.1) is 6.92 Å². The van der Waals surface area contributed by atoms with Gasteiger partial charge in [-0.2, -0.15) is 0 Å². The van der Waals surface area contributed by atoms with Crippen molar-refractivity contribution in [1.82, 2.24) is 9.55 Å². The van der Waals surface area contributed by atoms with Crippen LogP contribution in [0.4, 0.5) is 10.8 Å². The fourth-order valence-electron chi connectivity index (χ4n) is 3.97. The summed E-state index contributed by atoms with van der Waals surface area (Å²) in [5.74, 6) is -0.374. The molecule has 1 fully saturated rings. The molecule has 0 radical (unpaired) electrons. The number of rotatable bonds is 5. The maximum atomic E-state index is 11.9. The van der Waals surface area contributed by atoms with Gasteiger partial charge in [-0.25, -0.2) is 4.98 Å². The Morgan fingerprint density at radius 2 is 1.96 bits per heavy atom. The van der Waals surface area contributed by atoms with Gasteiger partial charge in [0.2, 0.25) is 0 Å². The van der Waals surface area contributed by atoms with Gasteiger partial charge in [0, 0.05) is 22.8 Å². The van der Waals surface area contributed by atoms with E-state index in [0.717, 1.165) is 40.7 Å². The molecule has 3 N–H and O–H groups in total. The van der Waals surface area contributed by atoms with E-state index >= 15 is 0 Å². The van der Waals surface area contributed by atoms with Gasteiger partial charge < -0.3 is 15.6 Å². The van der Waals surface area contributed by atoms with Crippen LogP contribution >= 0.6 is 11.3 Å². The van der Waals surface area contributed by atoms with Crippen LogP contribution in [0.1, 0.15) is 54.2 Å². The van der Waals surface area contributed by atoms with Gasteiger partial charge >= 0.3 is 0 Å². The normalized spacial score (nSPS) is 15.0. The molecule has 1 aliphatic carbocycles. The highest BCUT2D eigenvalue weighted by Gasteiger charge is 2.25. The average Bonchev–Trinajstić information content (AvgIpc) is 3.27. The van der Waals surface area contributed by atoms with E-state index in [1.165, 1.54) is 19.3 Å². The molecule has 0 aliphatic heterocycles. The number of primary amides is 1. The Labute approximate surface area is 163 Å². The monoisotopic (exact) mass is 380 g/mol. The number of carbonyl (C=O) groups is 1. The Morgan fingerprint density at radius 1 is 1.22 bits per heavy atom. The summed E-state index contributed by atoms with van der Waals surface area (Å²) >= 11 is 1.57. The van der Waals surface area contributed by atoms with Crippen LogP contribution in [-0.2, 0) is 0 Å². The SMILES string of the molecule is Cc1c(C(N)=O)cc(-c2csc(Nc3ccccc3)n2)n1C1CCCCC1. The van der Waals surface area contributed by atoms with Crippen molar-refractivity contribution in [2.45, 2.75) is 45.1 Å². The van der Waals surface area contributed by atoms with E-state index in [9.17, 15) is 4.79 Å². The Kier molecular flexibility index (Phi) is 4.99. The molecule has 5 nitrogen and oxygen atoms in total. The van der Waals surface area contributed by atoms with Crippen molar-refractivity contribution in [3.63, 3.8) is 0 Å². The lowest BCUT2D eigenvalue weighted by molar-refractivity contribution is 0.0999. The number of benzene rings is 1. The maximum absolute atomic E-state index is 11.9. The number of anilines is 2. The summed E-state index contributed by atoms with van der Waals surface area (Å²) in [6, 6.07) is 12.3. The minimum absolute atomic E-state index is 0.374. The number of nitrogens with zero attached hydrogens (tertiary/aromatic N) is 2. The molecule has 1 saturated carbocycles. The third-order valence-electron chi connectivity index (χ3n) is 5.29.